The van der Waals surface area contributed by atoms with Gasteiger partial charge in [0.15, 0.2) is 5.82 Å². The van der Waals surface area contributed by atoms with Gasteiger partial charge < -0.3 is 19.8 Å². The number of anilines is 1. The molecule has 23 heavy (non-hydrogen) atoms. The van der Waals surface area contributed by atoms with Gasteiger partial charge in [-0.05, 0) is 19.8 Å². The highest BCUT2D eigenvalue weighted by atomic mass is 16.2. The molecule has 3 rings (SSSR count). The number of H-pyrrole nitrogens is 1. The number of rotatable bonds is 3. The monoisotopic (exact) mass is 316 g/mol. The first-order valence-electron chi connectivity index (χ1n) is 7.63. The number of aryl methyl sites for hydroxylation is 2. The van der Waals surface area contributed by atoms with Gasteiger partial charge in [0, 0.05) is 38.6 Å². The molecule has 8 nitrogen and oxygen atoms in total. The second-order valence-electron chi connectivity index (χ2n) is 5.81. The number of amides is 1. The lowest BCUT2D eigenvalue weighted by atomic mass is 10.1. The predicted octanol–water partition coefficient (Wildman–Crippen LogP) is 0.211. The van der Waals surface area contributed by atoms with E-state index in [-0.39, 0.29) is 17.5 Å². The van der Waals surface area contributed by atoms with E-state index in [0.29, 0.717) is 23.9 Å². The number of carbonyl (C=O) groups excluding carboxylic acids is 1. The van der Waals surface area contributed by atoms with Gasteiger partial charge in [-0.25, -0.2) is 9.97 Å². The normalized spacial score (nSPS) is 18.0. The van der Waals surface area contributed by atoms with Crippen molar-refractivity contribution in [1.82, 2.24) is 24.8 Å². The molecular weight excluding hydrogens is 296 g/mol. The number of aromatic amines is 1. The molecule has 0 aromatic carbocycles. The maximum absolute atomic E-state index is 12.2. The van der Waals surface area contributed by atoms with Crippen molar-refractivity contribution in [3.05, 3.63) is 40.5 Å². The summed E-state index contributed by atoms with van der Waals surface area (Å²) in [7, 11) is 1.71. The summed E-state index contributed by atoms with van der Waals surface area (Å²) in [6.07, 6.45) is 6.55. The van der Waals surface area contributed by atoms with E-state index in [1.165, 1.54) is 10.8 Å². The lowest BCUT2D eigenvalue weighted by Crippen LogP contribution is -2.49. The van der Waals surface area contributed by atoms with Crippen LogP contribution in [0.3, 0.4) is 0 Å². The van der Waals surface area contributed by atoms with Crippen LogP contribution in [0.15, 0.2) is 23.4 Å². The van der Waals surface area contributed by atoms with Gasteiger partial charge in [0.1, 0.15) is 11.5 Å². The van der Waals surface area contributed by atoms with Gasteiger partial charge in [-0.1, -0.05) is 0 Å². The van der Waals surface area contributed by atoms with Crippen LogP contribution >= 0.6 is 0 Å². The Hall–Kier alpha value is -2.64. The summed E-state index contributed by atoms with van der Waals surface area (Å²) >= 11 is 0. The number of aromatic nitrogens is 4. The minimum atomic E-state index is -0.175. The number of piperidine rings is 1. The number of carbonyl (C=O) groups is 1. The fraction of sp³-hybridized carbons (Fsp3) is 0.467. The third-order valence-electron chi connectivity index (χ3n) is 4.00. The van der Waals surface area contributed by atoms with Gasteiger partial charge >= 0.3 is 0 Å². The lowest BCUT2D eigenvalue weighted by Gasteiger charge is -2.33. The molecule has 1 aliphatic heterocycles. The zero-order chi connectivity index (χ0) is 16.4. The summed E-state index contributed by atoms with van der Waals surface area (Å²) in [6, 6.07) is -0.0217. The summed E-state index contributed by atoms with van der Waals surface area (Å²) in [5, 5.41) is 2.99. The maximum Gasteiger partial charge on any atom is 0.293 e. The van der Waals surface area contributed by atoms with E-state index in [2.05, 4.69) is 20.3 Å². The Morgan fingerprint density at radius 3 is 3.00 bits per heavy atom. The van der Waals surface area contributed by atoms with Crippen LogP contribution in [0.25, 0.3) is 0 Å². The molecule has 3 heterocycles. The maximum atomic E-state index is 12.2. The summed E-state index contributed by atoms with van der Waals surface area (Å²) in [6.45, 7) is 3.14. The van der Waals surface area contributed by atoms with Crippen LogP contribution in [0.1, 0.15) is 29.2 Å². The van der Waals surface area contributed by atoms with Crippen molar-refractivity contribution < 1.29 is 4.79 Å². The van der Waals surface area contributed by atoms with Gasteiger partial charge in [-0.15, -0.1) is 0 Å². The molecule has 1 fully saturated rings. The second kappa shape index (κ2) is 6.23. The average Bonchev–Trinajstić information content (AvgIpc) is 2.97. The topological polar surface area (TPSA) is 95.9 Å². The fourth-order valence-corrected chi connectivity index (χ4v) is 2.79. The molecule has 2 aromatic heterocycles. The standard InChI is InChI=1S/C15H20N6O2/c1-10-17-8-12(18-10)14(22)19-11-4-3-6-21(9-11)13-15(23)20(2)7-5-16-13/h5,7-8,11H,3-4,6,9H2,1-2H3,(H,17,18)(H,19,22). The molecule has 1 unspecified atom stereocenters. The molecule has 0 bridgehead atoms. The first-order valence-corrected chi connectivity index (χ1v) is 7.63. The molecule has 0 radical (unpaired) electrons. The minimum Gasteiger partial charge on any atom is -0.350 e. The molecule has 2 aromatic rings. The smallest absolute Gasteiger partial charge is 0.293 e. The second-order valence-corrected chi connectivity index (χ2v) is 5.81. The Bertz CT molecular complexity index is 765. The number of hydrogen-bond donors (Lipinski definition) is 2. The van der Waals surface area contributed by atoms with Crippen molar-refractivity contribution in [3.63, 3.8) is 0 Å². The SMILES string of the molecule is Cc1ncc(C(=O)NC2CCCN(c3nccn(C)c3=O)C2)[nH]1. The van der Waals surface area contributed by atoms with Crippen LogP contribution in [0.2, 0.25) is 0 Å². The average molecular weight is 316 g/mol. The lowest BCUT2D eigenvalue weighted by molar-refractivity contribution is 0.0928. The van der Waals surface area contributed by atoms with E-state index in [0.717, 1.165) is 19.4 Å². The van der Waals surface area contributed by atoms with Crippen molar-refractivity contribution in [1.29, 1.82) is 0 Å². The molecule has 1 atom stereocenters. The molecule has 1 saturated heterocycles. The van der Waals surface area contributed by atoms with Crippen molar-refractivity contribution in [2.75, 3.05) is 18.0 Å². The summed E-state index contributed by atoms with van der Waals surface area (Å²) in [4.78, 5) is 37.5. The van der Waals surface area contributed by atoms with Gasteiger partial charge in [0.25, 0.3) is 11.5 Å². The highest BCUT2D eigenvalue weighted by molar-refractivity contribution is 5.92. The first kappa shape index (κ1) is 15.3. The van der Waals surface area contributed by atoms with E-state index in [1.54, 1.807) is 26.4 Å². The molecule has 1 amide bonds. The van der Waals surface area contributed by atoms with Crippen molar-refractivity contribution in [2.45, 2.75) is 25.8 Å². The zero-order valence-corrected chi connectivity index (χ0v) is 13.2. The molecule has 0 saturated carbocycles. The van der Waals surface area contributed by atoms with E-state index in [1.807, 2.05) is 4.90 Å². The van der Waals surface area contributed by atoms with Gasteiger partial charge in [0.2, 0.25) is 0 Å². The third-order valence-corrected chi connectivity index (χ3v) is 4.00. The molecule has 0 spiro atoms. The largest absolute Gasteiger partial charge is 0.350 e. The molecule has 122 valence electrons. The van der Waals surface area contributed by atoms with E-state index in [4.69, 9.17) is 0 Å². The minimum absolute atomic E-state index is 0.0217. The van der Waals surface area contributed by atoms with Crippen molar-refractivity contribution in [2.24, 2.45) is 7.05 Å². The number of nitrogens with one attached hydrogen (secondary N) is 2. The quantitative estimate of drug-likeness (QED) is 0.844. The Morgan fingerprint density at radius 1 is 1.43 bits per heavy atom. The van der Waals surface area contributed by atoms with Crippen LogP contribution in [-0.4, -0.2) is 44.6 Å². The Morgan fingerprint density at radius 2 is 2.26 bits per heavy atom. The van der Waals surface area contributed by atoms with Crippen LogP contribution in [0.5, 0.6) is 0 Å². The predicted molar refractivity (Wildman–Crippen MR) is 85.5 cm³/mol. The van der Waals surface area contributed by atoms with Crippen LogP contribution in [0, 0.1) is 6.92 Å². The third kappa shape index (κ3) is 3.25. The molecule has 8 heteroatoms. The highest BCUT2D eigenvalue weighted by Gasteiger charge is 2.24. The van der Waals surface area contributed by atoms with Crippen LogP contribution < -0.4 is 15.8 Å². The van der Waals surface area contributed by atoms with Crippen LogP contribution in [-0.2, 0) is 7.05 Å². The zero-order valence-electron chi connectivity index (χ0n) is 13.2. The summed E-state index contributed by atoms with van der Waals surface area (Å²) < 4.78 is 1.51. The molecule has 2 N–H and O–H groups in total. The number of nitrogens with zero attached hydrogens (tertiary/aromatic N) is 4. The summed E-state index contributed by atoms with van der Waals surface area (Å²) in [5.41, 5.74) is 0.331. The number of hydrogen-bond acceptors (Lipinski definition) is 5. The van der Waals surface area contributed by atoms with Gasteiger partial charge in [0.05, 0.1) is 6.20 Å². The Balaban J connectivity index is 1.70. The number of imidazole rings is 1. The van der Waals surface area contributed by atoms with Crippen molar-refractivity contribution in [3.8, 4) is 0 Å². The van der Waals surface area contributed by atoms with Gasteiger partial charge in [-0.3, -0.25) is 9.59 Å². The molecule has 0 aliphatic carbocycles. The van der Waals surface area contributed by atoms with Gasteiger partial charge in [-0.2, -0.15) is 0 Å². The van der Waals surface area contributed by atoms with E-state index < -0.39 is 0 Å². The van der Waals surface area contributed by atoms with Crippen molar-refractivity contribution >= 4 is 11.7 Å². The Labute approximate surface area is 133 Å². The molecular formula is C15H20N6O2. The summed E-state index contributed by atoms with van der Waals surface area (Å²) in [5.74, 6) is 0.968. The first-order chi connectivity index (χ1) is 11.0. The van der Waals surface area contributed by atoms with Crippen LogP contribution in [0.4, 0.5) is 5.82 Å². The Kier molecular flexibility index (Phi) is 4.14. The highest BCUT2D eigenvalue weighted by Crippen LogP contribution is 2.15. The van der Waals surface area contributed by atoms with E-state index >= 15 is 0 Å². The molecule has 1 aliphatic rings. The fourth-order valence-electron chi connectivity index (χ4n) is 2.79. The van der Waals surface area contributed by atoms with E-state index in [9.17, 15) is 9.59 Å².